The van der Waals surface area contributed by atoms with Crippen molar-refractivity contribution < 1.29 is 35.1 Å². The summed E-state index contributed by atoms with van der Waals surface area (Å²) in [6, 6.07) is -0.962. The quantitative estimate of drug-likeness (QED) is 0.165. The number of anilines is 1. The van der Waals surface area contributed by atoms with Crippen molar-refractivity contribution in [2.24, 2.45) is 10.9 Å². The molecule has 0 amide bonds. The molecule has 2 aliphatic rings. The monoisotopic (exact) mass is 683 g/mol. The first-order chi connectivity index (χ1) is 16.6. The van der Waals surface area contributed by atoms with Crippen LogP contribution in [0.15, 0.2) is 27.4 Å². The maximum Gasteiger partial charge on any atom is 0.326 e. The Hall–Kier alpha value is -1.42. The second kappa shape index (κ2) is 10.9. The summed E-state index contributed by atoms with van der Waals surface area (Å²) in [7, 11) is 0. The minimum atomic E-state index is -1.49. The van der Waals surface area contributed by atoms with Gasteiger partial charge in [-0.3, -0.25) is 4.99 Å². The number of carboxylic acid groups (broad SMARTS) is 1. The number of hydrogen-bond donors (Lipinski definition) is 7. The molecule has 13 heteroatoms. The number of ether oxygens (including phenoxy) is 1. The number of allylic oxidation sites excluding steroid dienone is 1. The molecule has 2 aromatic rings. The van der Waals surface area contributed by atoms with Crippen LogP contribution in [-0.4, -0.2) is 79.8 Å². The Bertz CT molecular complexity index is 1190. The minimum absolute atomic E-state index is 0.105. The number of rotatable bonds is 8. The number of fused-ring (bicyclic) bond motifs is 1. The first kappa shape index (κ1) is 26.6. The van der Waals surface area contributed by atoms with E-state index in [9.17, 15) is 30.3 Å². The maximum atomic E-state index is 12.0. The fourth-order valence-corrected chi connectivity index (χ4v) is 5.88. The zero-order chi connectivity index (χ0) is 25.4. The van der Waals surface area contributed by atoms with Crippen LogP contribution in [0.3, 0.4) is 0 Å². The molecule has 1 aromatic heterocycles. The van der Waals surface area contributed by atoms with E-state index in [4.69, 9.17) is 16.3 Å². The highest BCUT2D eigenvalue weighted by Gasteiger charge is 2.44. The largest absolute Gasteiger partial charge is 0.485 e. The molecule has 10 nitrogen and oxygen atoms in total. The highest BCUT2D eigenvalue weighted by Crippen LogP contribution is 2.46. The number of aliphatic imine (C=N–C) groups is 1. The first-order valence-electron chi connectivity index (χ1n) is 10.8. The van der Waals surface area contributed by atoms with Gasteiger partial charge in [-0.2, -0.15) is 0 Å². The summed E-state index contributed by atoms with van der Waals surface area (Å²) in [5.41, 5.74) is 1.68. The highest BCUT2D eigenvalue weighted by atomic mass is 127. The van der Waals surface area contributed by atoms with Gasteiger partial charge in [0.05, 0.1) is 35.8 Å². The van der Waals surface area contributed by atoms with Gasteiger partial charge in [-0.1, -0.05) is 17.7 Å². The van der Waals surface area contributed by atoms with Crippen molar-refractivity contribution in [1.82, 2.24) is 4.98 Å². The molecule has 0 spiro atoms. The molecule has 0 radical (unpaired) electrons. The van der Waals surface area contributed by atoms with Gasteiger partial charge in [0.1, 0.15) is 30.1 Å². The molecule has 6 atom stereocenters. The SMILES string of the molecule is O=C(O)C(CC1=CCC=N1)Nc1c(I)c(Br)c(Cl)c2c(OC3C[C@H](CO)[C@H](O)[C@H](O)[C@@H]3O)c[nH]c12. The van der Waals surface area contributed by atoms with E-state index >= 15 is 0 Å². The number of benzene rings is 1. The van der Waals surface area contributed by atoms with Crippen LogP contribution in [0.1, 0.15) is 19.3 Å². The molecule has 2 unspecified atom stereocenters. The van der Waals surface area contributed by atoms with Crippen LogP contribution in [0.2, 0.25) is 5.02 Å². The Morgan fingerprint density at radius 3 is 2.71 bits per heavy atom. The third kappa shape index (κ3) is 5.20. The standard InChI is InChI=1S/C22H24BrClIN3O7/c23-14-15(24)13-12(35-11-4-8(7-29)19(30)21(32)20(11)31)6-27-17(13)18(16(14)25)28-10(22(33)34)5-9-2-1-3-26-9/h2-3,6,8,10-11,19-21,27-32H,1,4-5,7H2,(H,33,34)/t8-,10?,11?,19+,20-,21+/m1/s1. The molecule has 7 N–H and O–H groups in total. The van der Waals surface area contributed by atoms with Crippen LogP contribution in [0.4, 0.5) is 5.69 Å². The average molecular weight is 685 g/mol. The number of H-pyrrole nitrogens is 1. The molecule has 190 valence electrons. The molecule has 1 aromatic carbocycles. The number of halogens is 3. The summed E-state index contributed by atoms with van der Waals surface area (Å²) in [4.78, 5) is 19.3. The van der Waals surface area contributed by atoms with Crippen LogP contribution in [0.5, 0.6) is 5.75 Å². The maximum absolute atomic E-state index is 12.0. The Kier molecular flexibility index (Phi) is 8.30. The Morgan fingerprint density at radius 2 is 2.09 bits per heavy atom. The van der Waals surface area contributed by atoms with E-state index in [-0.39, 0.29) is 25.2 Å². The third-order valence-electron chi connectivity index (χ3n) is 6.28. The molecule has 1 saturated carbocycles. The predicted octanol–water partition coefficient (Wildman–Crippen LogP) is 2.64. The summed E-state index contributed by atoms with van der Waals surface area (Å²) < 4.78 is 7.19. The fourth-order valence-electron chi connectivity index (χ4n) is 4.35. The van der Waals surface area contributed by atoms with Gasteiger partial charge in [-0.05, 0) is 44.9 Å². The van der Waals surface area contributed by atoms with Crippen molar-refractivity contribution in [3.63, 3.8) is 0 Å². The number of carboxylic acids is 1. The second-order valence-electron chi connectivity index (χ2n) is 8.51. The van der Waals surface area contributed by atoms with E-state index in [2.05, 4.69) is 53.8 Å². The average Bonchev–Trinajstić information content (AvgIpc) is 3.50. The summed E-state index contributed by atoms with van der Waals surface area (Å²) in [6.07, 6.45) is 1.01. The molecule has 0 bridgehead atoms. The number of carbonyl (C=O) groups is 1. The molecular weight excluding hydrogens is 661 g/mol. The van der Waals surface area contributed by atoms with Crippen LogP contribution in [-0.2, 0) is 4.79 Å². The number of aliphatic hydroxyl groups excluding tert-OH is 4. The highest BCUT2D eigenvalue weighted by molar-refractivity contribution is 14.1. The number of nitrogens with zero attached hydrogens (tertiary/aromatic N) is 1. The van der Waals surface area contributed by atoms with Gasteiger partial charge in [0.25, 0.3) is 0 Å². The summed E-state index contributed by atoms with van der Waals surface area (Å²) in [5, 5.41) is 53.9. The van der Waals surface area contributed by atoms with Gasteiger partial charge in [0, 0.05) is 43.5 Å². The van der Waals surface area contributed by atoms with Crippen LogP contribution in [0.25, 0.3) is 10.9 Å². The number of aliphatic hydroxyl groups is 4. The van der Waals surface area contributed by atoms with Gasteiger partial charge < -0.3 is 40.6 Å². The van der Waals surface area contributed by atoms with E-state index in [1.807, 2.05) is 6.08 Å². The zero-order valence-electron chi connectivity index (χ0n) is 18.2. The molecular formula is C22H24BrClIN3O7. The zero-order valence-corrected chi connectivity index (χ0v) is 22.7. The predicted molar refractivity (Wildman–Crippen MR) is 142 cm³/mol. The topological polar surface area (TPSA) is 168 Å². The first-order valence-corrected chi connectivity index (χ1v) is 13.1. The van der Waals surface area contributed by atoms with E-state index in [0.29, 0.717) is 41.8 Å². The Labute approximate surface area is 227 Å². The van der Waals surface area contributed by atoms with Gasteiger partial charge >= 0.3 is 5.97 Å². The number of aromatic amines is 1. The lowest BCUT2D eigenvalue weighted by molar-refractivity contribution is -0.156. The van der Waals surface area contributed by atoms with Crippen molar-refractivity contribution in [2.75, 3.05) is 11.9 Å². The summed E-state index contributed by atoms with van der Waals surface area (Å²) in [6.45, 7) is -0.381. The molecule has 0 saturated heterocycles. The normalized spacial score (nSPS) is 27.2. The van der Waals surface area contributed by atoms with E-state index in [1.165, 1.54) is 6.20 Å². The van der Waals surface area contributed by atoms with Crippen molar-refractivity contribution in [3.05, 3.63) is 31.0 Å². The van der Waals surface area contributed by atoms with Crippen LogP contribution in [0, 0.1) is 9.49 Å². The third-order valence-corrected chi connectivity index (χ3v) is 9.50. The van der Waals surface area contributed by atoms with Crippen LogP contribution >= 0.6 is 50.1 Å². The minimum Gasteiger partial charge on any atom is -0.485 e. The molecule has 35 heavy (non-hydrogen) atoms. The number of aliphatic carboxylic acids is 1. The number of nitrogens with one attached hydrogen (secondary N) is 2. The lowest BCUT2D eigenvalue weighted by Gasteiger charge is -2.39. The van der Waals surface area contributed by atoms with Crippen molar-refractivity contribution in [3.8, 4) is 5.75 Å². The van der Waals surface area contributed by atoms with Gasteiger partial charge in [-0.15, -0.1) is 0 Å². The van der Waals surface area contributed by atoms with Gasteiger partial charge in [0.2, 0.25) is 0 Å². The van der Waals surface area contributed by atoms with Crippen molar-refractivity contribution in [1.29, 1.82) is 0 Å². The Balaban J connectivity index is 1.69. The van der Waals surface area contributed by atoms with Crippen molar-refractivity contribution >= 4 is 78.9 Å². The molecule has 2 heterocycles. The van der Waals surface area contributed by atoms with E-state index in [0.717, 1.165) is 0 Å². The second-order valence-corrected chi connectivity index (χ2v) is 10.8. The number of hydrogen-bond acceptors (Lipinski definition) is 8. The summed E-state index contributed by atoms with van der Waals surface area (Å²) >= 11 is 12.2. The smallest absolute Gasteiger partial charge is 0.326 e. The fraction of sp³-hybridized carbons (Fsp3) is 0.455. The lowest BCUT2D eigenvalue weighted by atomic mass is 9.81. The molecule has 1 fully saturated rings. The lowest BCUT2D eigenvalue weighted by Crippen LogP contribution is -2.56. The Morgan fingerprint density at radius 1 is 1.34 bits per heavy atom. The molecule has 1 aliphatic heterocycles. The van der Waals surface area contributed by atoms with Crippen LogP contribution < -0.4 is 10.1 Å². The molecule has 1 aliphatic carbocycles. The van der Waals surface area contributed by atoms with Crippen molar-refractivity contribution in [2.45, 2.75) is 49.7 Å². The van der Waals surface area contributed by atoms with Gasteiger partial charge in [0.15, 0.2) is 0 Å². The molecule has 4 rings (SSSR count). The van der Waals surface area contributed by atoms with E-state index in [1.54, 1.807) is 6.21 Å². The van der Waals surface area contributed by atoms with E-state index < -0.39 is 42.3 Å². The summed E-state index contributed by atoms with van der Waals surface area (Å²) in [5.74, 6) is -1.45. The van der Waals surface area contributed by atoms with Gasteiger partial charge in [-0.25, -0.2) is 4.79 Å². The number of aromatic nitrogens is 1.